The van der Waals surface area contributed by atoms with Gasteiger partial charge in [0.2, 0.25) is 0 Å². The van der Waals surface area contributed by atoms with E-state index in [1.165, 1.54) is 18.2 Å². The van der Waals surface area contributed by atoms with E-state index in [0.717, 1.165) is 19.2 Å². The minimum atomic E-state index is -5.08. The van der Waals surface area contributed by atoms with Crippen molar-refractivity contribution >= 4 is 5.97 Å². The van der Waals surface area contributed by atoms with E-state index in [1.807, 2.05) is 0 Å². The summed E-state index contributed by atoms with van der Waals surface area (Å²) in [7, 11) is 0.778. The van der Waals surface area contributed by atoms with Crippen molar-refractivity contribution in [2.45, 2.75) is 24.3 Å². The van der Waals surface area contributed by atoms with Crippen LogP contribution in [0.4, 0.5) is 13.2 Å². The fourth-order valence-electron chi connectivity index (χ4n) is 2.54. The first-order valence-electron chi connectivity index (χ1n) is 7.67. The fourth-order valence-corrected chi connectivity index (χ4v) is 2.54. The Bertz CT molecular complexity index is 772. The molecule has 2 atom stereocenters. The maximum Gasteiger partial charge on any atom is 0.432 e. The van der Waals surface area contributed by atoms with Gasteiger partial charge in [0, 0.05) is 19.1 Å². The molecule has 2 rings (SSSR count). The molecule has 0 radical (unpaired) electrons. The number of alkyl halides is 3. The Hall–Kier alpha value is -2.85. The number of rotatable bonds is 6. The van der Waals surface area contributed by atoms with Gasteiger partial charge in [-0.3, -0.25) is 0 Å². The number of benzene rings is 2. The summed E-state index contributed by atoms with van der Waals surface area (Å²) in [6, 6.07) is 16.7. The third kappa shape index (κ3) is 3.86. The molecule has 0 saturated carbocycles. The Morgan fingerprint density at radius 1 is 1.08 bits per heavy atom. The lowest BCUT2D eigenvalue weighted by atomic mass is 9.92. The van der Waals surface area contributed by atoms with E-state index in [9.17, 15) is 23.2 Å². The third-order valence-electron chi connectivity index (χ3n) is 3.83. The van der Waals surface area contributed by atoms with Crippen molar-refractivity contribution in [3.8, 4) is 6.07 Å². The Kier molecular flexibility index (Phi) is 6.01. The number of nitriles is 1. The van der Waals surface area contributed by atoms with Crippen LogP contribution >= 0.6 is 0 Å². The van der Waals surface area contributed by atoms with Crippen molar-refractivity contribution in [3.63, 3.8) is 0 Å². The molecule has 0 heterocycles. The molecule has 2 aromatic rings. The van der Waals surface area contributed by atoms with Crippen LogP contribution in [-0.2, 0) is 26.3 Å². The van der Waals surface area contributed by atoms with Crippen LogP contribution in [0.5, 0.6) is 0 Å². The first-order chi connectivity index (χ1) is 12.3. The molecular formula is C19H16F3NO3. The van der Waals surface area contributed by atoms with Crippen LogP contribution in [0.2, 0.25) is 0 Å². The Balaban J connectivity index is 2.33. The minimum absolute atomic E-state index is 0.0322. The molecule has 0 unspecified atom stereocenters. The molecule has 0 saturated heterocycles. The van der Waals surface area contributed by atoms with E-state index in [4.69, 9.17) is 4.74 Å². The fraction of sp³-hybridized carbons (Fsp3) is 0.263. The van der Waals surface area contributed by atoms with Crippen molar-refractivity contribution in [2.75, 3.05) is 7.11 Å². The minimum Gasteiger partial charge on any atom is -0.444 e. The molecule has 0 aliphatic rings. The van der Waals surface area contributed by atoms with E-state index < -0.39 is 29.4 Å². The number of methoxy groups -OCH3 is 1. The summed E-state index contributed by atoms with van der Waals surface area (Å²) in [5, 5.41) is 9.20. The van der Waals surface area contributed by atoms with Crippen LogP contribution in [0.15, 0.2) is 60.7 Å². The van der Waals surface area contributed by atoms with Gasteiger partial charge in [0.1, 0.15) is 6.07 Å². The Labute approximate surface area is 148 Å². The molecule has 4 nitrogen and oxygen atoms in total. The summed E-state index contributed by atoms with van der Waals surface area (Å²) in [6.07, 6.45) is -6.49. The van der Waals surface area contributed by atoms with E-state index in [1.54, 1.807) is 36.4 Å². The van der Waals surface area contributed by atoms with Gasteiger partial charge in [-0.15, -0.1) is 0 Å². The number of nitrogens with zero attached hydrogens (tertiary/aromatic N) is 1. The zero-order valence-electron chi connectivity index (χ0n) is 13.9. The van der Waals surface area contributed by atoms with Gasteiger partial charge in [-0.25, -0.2) is 4.79 Å². The lowest BCUT2D eigenvalue weighted by Gasteiger charge is -2.32. The van der Waals surface area contributed by atoms with Crippen molar-refractivity contribution in [2.24, 2.45) is 0 Å². The van der Waals surface area contributed by atoms with Gasteiger partial charge in [-0.05, 0) is 5.56 Å². The smallest absolute Gasteiger partial charge is 0.432 e. The second-order valence-electron chi connectivity index (χ2n) is 5.46. The van der Waals surface area contributed by atoms with Crippen LogP contribution in [0.1, 0.15) is 11.1 Å². The number of ether oxygens (including phenoxy) is 2. The number of halogens is 3. The third-order valence-corrected chi connectivity index (χ3v) is 3.83. The topological polar surface area (TPSA) is 59.3 Å². The molecule has 2 aromatic carbocycles. The number of carbonyl (C=O) groups is 1. The summed E-state index contributed by atoms with van der Waals surface area (Å²) in [5.74, 6) is -1.68. The summed E-state index contributed by atoms with van der Waals surface area (Å²) in [6.45, 7) is 0. The molecule has 136 valence electrons. The predicted molar refractivity (Wildman–Crippen MR) is 86.8 cm³/mol. The van der Waals surface area contributed by atoms with Crippen molar-refractivity contribution < 1.29 is 27.4 Å². The van der Waals surface area contributed by atoms with E-state index in [-0.39, 0.29) is 6.42 Å². The molecule has 0 spiro atoms. The monoisotopic (exact) mass is 363 g/mol. The summed E-state index contributed by atoms with van der Waals surface area (Å²) in [4.78, 5) is 12.5. The predicted octanol–water partition coefficient (Wildman–Crippen LogP) is 3.77. The first-order valence-corrected chi connectivity index (χ1v) is 7.67. The SMILES string of the molecule is CO[C@](C(=O)O[C@@H](C#N)Cc1ccccc1)(c1ccccc1)C(F)(F)F. The highest BCUT2D eigenvalue weighted by atomic mass is 19.4. The largest absolute Gasteiger partial charge is 0.444 e. The van der Waals surface area contributed by atoms with Crippen molar-refractivity contribution in [1.29, 1.82) is 5.26 Å². The zero-order chi connectivity index (χ0) is 19.2. The second-order valence-corrected chi connectivity index (χ2v) is 5.46. The highest BCUT2D eigenvalue weighted by molar-refractivity contribution is 5.83. The Morgan fingerprint density at radius 2 is 1.62 bits per heavy atom. The van der Waals surface area contributed by atoms with Gasteiger partial charge in [-0.2, -0.15) is 18.4 Å². The lowest BCUT2D eigenvalue weighted by molar-refractivity contribution is -0.277. The van der Waals surface area contributed by atoms with Gasteiger partial charge in [0.05, 0.1) is 0 Å². The molecule has 0 N–H and O–H groups in total. The first kappa shape index (κ1) is 19.5. The van der Waals surface area contributed by atoms with Gasteiger partial charge >= 0.3 is 12.1 Å². The second kappa shape index (κ2) is 8.02. The van der Waals surface area contributed by atoms with Gasteiger partial charge in [0.25, 0.3) is 5.60 Å². The van der Waals surface area contributed by atoms with Crippen LogP contribution < -0.4 is 0 Å². The van der Waals surface area contributed by atoms with Gasteiger partial charge < -0.3 is 9.47 Å². The highest BCUT2D eigenvalue weighted by Crippen LogP contribution is 2.43. The van der Waals surface area contributed by atoms with Crippen LogP contribution in [-0.4, -0.2) is 25.4 Å². The van der Waals surface area contributed by atoms with Crippen molar-refractivity contribution in [3.05, 3.63) is 71.8 Å². The molecular weight excluding hydrogens is 347 g/mol. The number of esters is 1. The maximum atomic E-state index is 13.8. The molecule has 0 bridgehead atoms. The number of hydrogen-bond donors (Lipinski definition) is 0. The number of carbonyl (C=O) groups excluding carboxylic acids is 1. The molecule has 0 fully saturated rings. The zero-order valence-corrected chi connectivity index (χ0v) is 13.9. The standard InChI is InChI=1S/C19H16F3NO3/c1-25-18(19(20,21)22,15-10-6-3-7-11-15)17(24)26-16(13-23)12-14-8-4-2-5-9-14/h2-11,16H,12H2,1H3/t16-,18+/m1/s1. The molecule has 7 heteroatoms. The normalized spacial score (nSPS) is 14.7. The quantitative estimate of drug-likeness (QED) is 0.733. The molecule has 26 heavy (non-hydrogen) atoms. The average Bonchev–Trinajstić information content (AvgIpc) is 2.62. The summed E-state index contributed by atoms with van der Waals surface area (Å²) in [5.41, 5.74) is -3.07. The van der Waals surface area contributed by atoms with E-state index >= 15 is 0 Å². The molecule has 0 aliphatic heterocycles. The van der Waals surface area contributed by atoms with Crippen LogP contribution in [0, 0.1) is 11.3 Å². The van der Waals surface area contributed by atoms with Gasteiger partial charge in [0.15, 0.2) is 6.10 Å². The molecule has 0 amide bonds. The van der Waals surface area contributed by atoms with E-state index in [0.29, 0.717) is 5.56 Å². The lowest BCUT2D eigenvalue weighted by Crippen LogP contribution is -2.52. The van der Waals surface area contributed by atoms with Crippen LogP contribution in [0.25, 0.3) is 0 Å². The summed E-state index contributed by atoms with van der Waals surface area (Å²) >= 11 is 0. The van der Waals surface area contributed by atoms with Crippen LogP contribution in [0.3, 0.4) is 0 Å². The van der Waals surface area contributed by atoms with E-state index in [2.05, 4.69) is 4.74 Å². The summed E-state index contributed by atoms with van der Waals surface area (Å²) < 4.78 is 50.9. The van der Waals surface area contributed by atoms with Gasteiger partial charge in [-0.1, -0.05) is 60.7 Å². The maximum absolute atomic E-state index is 13.8. The average molecular weight is 363 g/mol. The Morgan fingerprint density at radius 3 is 2.08 bits per heavy atom. The number of hydrogen-bond acceptors (Lipinski definition) is 4. The molecule has 0 aliphatic carbocycles. The molecule has 0 aromatic heterocycles. The van der Waals surface area contributed by atoms with Crippen molar-refractivity contribution in [1.82, 2.24) is 0 Å². The highest BCUT2D eigenvalue weighted by Gasteiger charge is 2.64.